The molecule has 0 saturated heterocycles. The number of benzene rings is 1. The average molecular weight is 261 g/mol. The van der Waals surface area contributed by atoms with Crippen LogP contribution in [0.1, 0.15) is 40.4 Å². The number of hydrogen-bond acceptors (Lipinski definition) is 2. The molecule has 0 aliphatic heterocycles. The highest BCUT2D eigenvalue weighted by molar-refractivity contribution is 5.94. The number of carbonyl (C=O) groups is 1. The number of aryl methyl sites for hydroxylation is 2. The predicted octanol–water partition coefficient (Wildman–Crippen LogP) is 3.53. The summed E-state index contributed by atoms with van der Waals surface area (Å²) in [7, 11) is 0. The summed E-state index contributed by atoms with van der Waals surface area (Å²) in [5.41, 5.74) is 0.953. The van der Waals surface area contributed by atoms with Gasteiger partial charge >= 0.3 is 0 Å². The van der Waals surface area contributed by atoms with E-state index in [1.807, 2.05) is 26.8 Å². The standard InChI is InChI=1S/C15H16FNO2/c1-9-8-13(11(3)19-9)10(2)17-15(18)12-6-4-5-7-14(12)16/h4-8,10H,1-3H3,(H,17,18). The first-order valence-electron chi connectivity index (χ1n) is 6.11. The number of halogens is 1. The van der Waals surface area contributed by atoms with Gasteiger partial charge in [-0.25, -0.2) is 4.39 Å². The van der Waals surface area contributed by atoms with Gasteiger partial charge < -0.3 is 9.73 Å². The molecule has 0 radical (unpaired) electrons. The van der Waals surface area contributed by atoms with Crippen LogP contribution < -0.4 is 5.32 Å². The van der Waals surface area contributed by atoms with Gasteiger partial charge in [-0.2, -0.15) is 0 Å². The van der Waals surface area contributed by atoms with Crippen molar-refractivity contribution in [3.05, 3.63) is 58.8 Å². The van der Waals surface area contributed by atoms with Crippen molar-refractivity contribution in [2.24, 2.45) is 0 Å². The van der Waals surface area contributed by atoms with Crippen LogP contribution in [-0.4, -0.2) is 5.91 Å². The van der Waals surface area contributed by atoms with E-state index in [0.29, 0.717) is 0 Å². The summed E-state index contributed by atoms with van der Waals surface area (Å²) in [6, 6.07) is 7.57. The fourth-order valence-electron chi connectivity index (χ4n) is 2.08. The van der Waals surface area contributed by atoms with E-state index in [4.69, 9.17) is 4.42 Å². The van der Waals surface area contributed by atoms with E-state index in [9.17, 15) is 9.18 Å². The Kier molecular flexibility index (Phi) is 3.69. The molecule has 4 heteroatoms. The molecule has 1 heterocycles. The minimum Gasteiger partial charge on any atom is -0.466 e. The van der Waals surface area contributed by atoms with E-state index in [2.05, 4.69) is 5.32 Å². The molecule has 1 aromatic carbocycles. The number of furan rings is 1. The van der Waals surface area contributed by atoms with Gasteiger partial charge in [0.2, 0.25) is 0 Å². The number of nitrogens with one attached hydrogen (secondary N) is 1. The lowest BCUT2D eigenvalue weighted by atomic mass is 10.1. The van der Waals surface area contributed by atoms with Gasteiger partial charge in [-0.1, -0.05) is 12.1 Å². The SMILES string of the molecule is Cc1cc(C(C)NC(=O)c2ccccc2F)c(C)o1. The monoisotopic (exact) mass is 261 g/mol. The second-order valence-electron chi connectivity index (χ2n) is 4.54. The van der Waals surface area contributed by atoms with Gasteiger partial charge in [-0.15, -0.1) is 0 Å². The molecule has 0 saturated carbocycles. The van der Waals surface area contributed by atoms with E-state index in [0.717, 1.165) is 17.1 Å². The van der Waals surface area contributed by atoms with Crippen molar-refractivity contribution in [2.75, 3.05) is 0 Å². The van der Waals surface area contributed by atoms with E-state index in [1.54, 1.807) is 12.1 Å². The molecule has 0 spiro atoms. The van der Waals surface area contributed by atoms with Crippen molar-refractivity contribution < 1.29 is 13.6 Å². The molecule has 2 rings (SSSR count). The summed E-state index contributed by atoms with van der Waals surface area (Å²) < 4.78 is 18.9. The number of amides is 1. The van der Waals surface area contributed by atoms with Crippen LogP contribution in [0.15, 0.2) is 34.7 Å². The topological polar surface area (TPSA) is 42.2 Å². The van der Waals surface area contributed by atoms with Gasteiger partial charge in [0.1, 0.15) is 17.3 Å². The average Bonchev–Trinajstić information content (AvgIpc) is 2.69. The summed E-state index contributed by atoms with van der Waals surface area (Å²) in [6.45, 7) is 5.53. The molecular formula is C15H16FNO2. The zero-order valence-electron chi connectivity index (χ0n) is 11.2. The zero-order chi connectivity index (χ0) is 14.0. The summed E-state index contributed by atoms with van der Waals surface area (Å²) in [5, 5.41) is 2.77. The Morgan fingerprint density at radius 3 is 2.58 bits per heavy atom. The summed E-state index contributed by atoms with van der Waals surface area (Å²) in [4.78, 5) is 12.0. The fourth-order valence-corrected chi connectivity index (χ4v) is 2.08. The minimum atomic E-state index is -0.521. The third-order valence-corrected chi connectivity index (χ3v) is 3.01. The van der Waals surface area contributed by atoms with Gasteiger partial charge in [0.15, 0.2) is 0 Å². The Balaban J connectivity index is 2.15. The van der Waals surface area contributed by atoms with Crippen molar-refractivity contribution in [3.63, 3.8) is 0 Å². The van der Waals surface area contributed by atoms with Gasteiger partial charge in [0, 0.05) is 5.56 Å². The lowest BCUT2D eigenvalue weighted by molar-refractivity contribution is 0.0935. The van der Waals surface area contributed by atoms with E-state index in [1.165, 1.54) is 12.1 Å². The molecular weight excluding hydrogens is 245 g/mol. The smallest absolute Gasteiger partial charge is 0.254 e. The first-order chi connectivity index (χ1) is 8.99. The minimum absolute atomic E-state index is 0.0484. The predicted molar refractivity (Wildman–Crippen MR) is 70.5 cm³/mol. The van der Waals surface area contributed by atoms with Gasteiger partial charge in [0.25, 0.3) is 5.91 Å². The molecule has 0 aliphatic carbocycles. The van der Waals surface area contributed by atoms with Crippen LogP contribution in [0.3, 0.4) is 0 Å². The Morgan fingerprint density at radius 2 is 2.00 bits per heavy atom. The maximum absolute atomic E-state index is 13.5. The lowest BCUT2D eigenvalue weighted by Gasteiger charge is -2.13. The van der Waals surface area contributed by atoms with E-state index >= 15 is 0 Å². The zero-order valence-corrected chi connectivity index (χ0v) is 11.2. The third kappa shape index (κ3) is 2.84. The summed E-state index contributed by atoms with van der Waals surface area (Å²) in [5.74, 6) is 0.606. The molecule has 100 valence electrons. The molecule has 2 aromatic rings. The fraction of sp³-hybridized carbons (Fsp3) is 0.267. The molecule has 0 bridgehead atoms. The van der Waals surface area contributed by atoms with Crippen LogP contribution in [-0.2, 0) is 0 Å². The Bertz CT molecular complexity index is 604. The third-order valence-electron chi connectivity index (χ3n) is 3.01. The maximum Gasteiger partial charge on any atom is 0.254 e. The van der Waals surface area contributed by atoms with Crippen LogP contribution in [0.4, 0.5) is 4.39 Å². The summed E-state index contributed by atoms with van der Waals surface area (Å²) >= 11 is 0. The Hall–Kier alpha value is -2.10. The molecule has 1 aromatic heterocycles. The number of carbonyl (C=O) groups excluding carboxylic acids is 1. The van der Waals surface area contributed by atoms with Crippen LogP contribution >= 0.6 is 0 Å². The largest absolute Gasteiger partial charge is 0.466 e. The van der Waals surface area contributed by atoms with Crippen LogP contribution in [0.25, 0.3) is 0 Å². The highest BCUT2D eigenvalue weighted by Gasteiger charge is 2.17. The molecule has 3 nitrogen and oxygen atoms in total. The van der Waals surface area contributed by atoms with Crippen molar-refractivity contribution >= 4 is 5.91 Å². The van der Waals surface area contributed by atoms with Crippen molar-refractivity contribution in [1.29, 1.82) is 0 Å². The second kappa shape index (κ2) is 5.26. The van der Waals surface area contributed by atoms with Crippen molar-refractivity contribution in [1.82, 2.24) is 5.32 Å². The van der Waals surface area contributed by atoms with Crippen LogP contribution in [0.2, 0.25) is 0 Å². The molecule has 1 unspecified atom stereocenters. The van der Waals surface area contributed by atoms with Crippen LogP contribution in [0.5, 0.6) is 0 Å². The van der Waals surface area contributed by atoms with E-state index in [-0.39, 0.29) is 11.6 Å². The normalized spacial score (nSPS) is 12.2. The molecule has 0 fully saturated rings. The number of hydrogen-bond donors (Lipinski definition) is 1. The first kappa shape index (κ1) is 13.3. The second-order valence-corrected chi connectivity index (χ2v) is 4.54. The molecule has 0 aliphatic rings. The molecule has 1 N–H and O–H groups in total. The Labute approximate surface area is 111 Å². The van der Waals surface area contributed by atoms with Gasteiger partial charge in [0.05, 0.1) is 11.6 Å². The Morgan fingerprint density at radius 1 is 1.32 bits per heavy atom. The van der Waals surface area contributed by atoms with Crippen molar-refractivity contribution in [2.45, 2.75) is 26.8 Å². The quantitative estimate of drug-likeness (QED) is 0.918. The lowest BCUT2D eigenvalue weighted by Crippen LogP contribution is -2.27. The highest BCUT2D eigenvalue weighted by atomic mass is 19.1. The molecule has 19 heavy (non-hydrogen) atoms. The van der Waals surface area contributed by atoms with Gasteiger partial charge in [-0.3, -0.25) is 4.79 Å². The highest BCUT2D eigenvalue weighted by Crippen LogP contribution is 2.21. The molecule has 1 atom stereocenters. The van der Waals surface area contributed by atoms with Crippen LogP contribution in [0, 0.1) is 19.7 Å². The van der Waals surface area contributed by atoms with E-state index < -0.39 is 11.7 Å². The van der Waals surface area contributed by atoms with Crippen molar-refractivity contribution in [3.8, 4) is 0 Å². The summed E-state index contributed by atoms with van der Waals surface area (Å²) in [6.07, 6.45) is 0. The first-order valence-corrected chi connectivity index (χ1v) is 6.11. The molecule has 1 amide bonds. The maximum atomic E-state index is 13.5. The number of rotatable bonds is 3. The van der Waals surface area contributed by atoms with Gasteiger partial charge in [-0.05, 0) is 39.0 Å².